The minimum absolute atomic E-state index is 0.0607. The molecule has 1 aromatic carbocycles. The van der Waals surface area contributed by atoms with E-state index in [1.807, 2.05) is 0 Å². The van der Waals surface area contributed by atoms with Gasteiger partial charge in [0.05, 0.1) is 4.90 Å². The van der Waals surface area contributed by atoms with Crippen LogP contribution in [0.1, 0.15) is 32.6 Å². The minimum Gasteiger partial charge on any atom is -0.487 e. The Morgan fingerprint density at radius 1 is 1.25 bits per heavy atom. The smallest absolute Gasteiger partial charge is 0.175 e. The van der Waals surface area contributed by atoms with Gasteiger partial charge < -0.3 is 10.1 Å². The van der Waals surface area contributed by atoms with E-state index in [9.17, 15) is 8.42 Å². The van der Waals surface area contributed by atoms with Gasteiger partial charge in [-0.05, 0) is 63.0 Å². The monoisotopic (exact) mass is 297 g/mol. The van der Waals surface area contributed by atoms with E-state index < -0.39 is 9.84 Å². The molecule has 5 heteroatoms. The second-order valence-corrected chi connectivity index (χ2v) is 7.50. The quantitative estimate of drug-likeness (QED) is 0.785. The molecule has 112 valence electrons. The molecule has 0 bridgehead atoms. The summed E-state index contributed by atoms with van der Waals surface area (Å²) in [4.78, 5) is 0.333. The summed E-state index contributed by atoms with van der Waals surface area (Å²) in [6.07, 6.45) is 5.56. The molecule has 0 aliphatic heterocycles. The van der Waals surface area contributed by atoms with Crippen molar-refractivity contribution in [1.29, 1.82) is 0 Å². The maximum absolute atomic E-state index is 11.4. The zero-order valence-corrected chi connectivity index (χ0v) is 13.0. The summed E-state index contributed by atoms with van der Waals surface area (Å²) < 4.78 is 29.0. The molecular formula is C15H23NO3S. The van der Waals surface area contributed by atoms with Crippen LogP contribution in [-0.4, -0.2) is 33.4 Å². The molecule has 1 aliphatic rings. The Labute approximate surface area is 121 Å². The van der Waals surface area contributed by atoms with Crippen molar-refractivity contribution in [2.24, 2.45) is 0 Å². The molecule has 20 heavy (non-hydrogen) atoms. The van der Waals surface area contributed by atoms with Crippen LogP contribution in [0.4, 0.5) is 0 Å². The van der Waals surface area contributed by atoms with Crippen molar-refractivity contribution in [3.05, 3.63) is 24.3 Å². The summed E-state index contributed by atoms with van der Waals surface area (Å²) in [6, 6.07) is 6.73. The zero-order chi connectivity index (χ0) is 14.6. The highest BCUT2D eigenvalue weighted by atomic mass is 32.2. The first-order chi connectivity index (χ1) is 9.45. The summed E-state index contributed by atoms with van der Waals surface area (Å²) in [5, 5.41) is 3.33. The second kappa shape index (κ2) is 6.14. The van der Waals surface area contributed by atoms with Gasteiger partial charge in [-0.2, -0.15) is 0 Å². The third kappa shape index (κ3) is 3.73. The molecule has 1 saturated carbocycles. The van der Waals surface area contributed by atoms with Crippen LogP contribution < -0.4 is 10.1 Å². The molecule has 4 nitrogen and oxygen atoms in total. The Balaban J connectivity index is 2.01. The Hall–Kier alpha value is -1.07. The van der Waals surface area contributed by atoms with Crippen molar-refractivity contribution in [1.82, 2.24) is 5.32 Å². The number of sulfone groups is 1. The van der Waals surface area contributed by atoms with E-state index in [2.05, 4.69) is 12.2 Å². The van der Waals surface area contributed by atoms with Crippen molar-refractivity contribution < 1.29 is 13.2 Å². The highest BCUT2D eigenvalue weighted by Crippen LogP contribution is 2.39. The van der Waals surface area contributed by atoms with Gasteiger partial charge in [-0.1, -0.05) is 6.92 Å². The van der Waals surface area contributed by atoms with E-state index in [-0.39, 0.29) is 5.60 Å². The third-order valence-corrected chi connectivity index (χ3v) is 4.99. The SMILES string of the molecule is CCNCCC1(Oc2ccc(S(C)(=O)=O)cc2)CCC1. The lowest BCUT2D eigenvalue weighted by atomic mass is 9.77. The Morgan fingerprint density at radius 3 is 2.35 bits per heavy atom. The maximum Gasteiger partial charge on any atom is 0.175 e. The number of hydrogen-bond acceptors (Lipinski definition) is 4. The second-order valence-electron chi connectivity index (χ2n) is 5.49. The molecule has 1 N–H and O–H groups in total. The molecule has 1 fully saturated rings. The van der Waals surface area contributed by atoms with E-state index in [0.29, 0.717) is 4.90 Å². The Bertz CT molecular complexity index is 533. The molecule has 0 atom stereocenters. The average molecular weight is 297 g/mol. The molecule has 0 heterocycles. The van der Waals surface area contributed by atoms with Crippen LogP contribution in [0.3, 0.4) is 0 Å². The number of benzene rings is 1. The summed E-state index contributed by atoms with van der Waals surface area (Å²) in [7, 11) is -3.14. The number of hydrogen-bond donors (Lipinski definition) is 1. The minimum atomic E-state index is -3.14. The lowest BCUT2D eigenvalue weighted by Crippen LogP contribution is -2.45. The molecule has 0 unspecified atom stereocenters. The lowest BCUT2D eigenvalue weighted by molar-refractivity contribution is -0.0141. The lowest BCUT2D eigenvalue weighted by Gasteiger charge is -2.42. The van der Waals surface area contributed by atoms with Gasteiger partial charge in [-0.3, -0.25) is 0 Å². The van der Waals surface area contributed by atoms with Gasteiger partial charge in [0.15, 0.2) is 9.84 Å². The molecule has 0 amide bonds. The highest BCUT2D eigenvalue weighted by Gasteiger charge is 2.38. The first-order valence-electron chi connectivity index (χ1n) is 7.15. The Morgan fingerprint density at radius 2 is 1.90 bits per heavy atom. The van der Waals surface area contributed by atoms with Crippen molar-refractivity contribution in [3.63, 3.8) is 0 Å². The molecule has 0 saturated heterocycles. The average Bonchev–Trinajstić information content (AvgIpc) is 2.35. The zero-order valence-electron chi connectivity index (χ0n) is 12.2. The summed E-state index contributed by atoms with van der Waals surface area (Å²) in [5.74, 6) is 0.758. The van der Waals surface area contributed by atoms with Gasteiger partial charge in [0, 0.05) is 6.26 Å². The normalized spacial score (nSPS) is 17.5. The number of nitrogens with one attached hydrogen (secondary N) is 1. The predicted molar refractivity (Wildman–Crippen MR) is 79.9 cm³/mol. The molecular weight excluding hydrogens is 274 g/mol. The van der Waals surface area contributed by atoms with Gasteiger partial charge in [-0.15, -0.1) is 0 Å². The number of rotatable bonds is 7. The standard InChI is InChI=1S/C15H23NO3S/c1-3-16-12-11-15(9-4-10-15)19-13-5-7-14(8-6-13)20(2,17)18/h5-8,16H,3-4,9-12H2,1-2H3. The fraction of sp³-hybridized carbons (Fsp3) is 0.600. The molecule has 1 aromatic rings. The van der Waals surface area contributed by atoms with Crippen molar-refractivity contribution in [3.8, 4) is 5.75 Å². The van der Waals surface area contributed by atoms with Crippen LogP contribution in [0.25, 0.3) is 0 Å². The van der Waals surface area contributed by atoms with Crippen molar-refractivity contribution in [2.75, 3.05) is 19.3 Å². The molecule has 1 aliphatic carbocycles. The summed E-state index contributed by atoms with van der Waals surface area (Å²) in [6.45, 7) is 4.02. The Kier molecular flexibility index (Phi) is 4.70. The van der Waals surface area contributed by atoms with Crippen LogP contribution in [0.15, 0.2) is 29.2 Å². The van der Waals surface area contributed by atoms with E-state index in [1.165, 1.54) is 12.7 Å². The summed E-state index contributed by atoms with van der Waals surface area (Å²) >= 11 is 0. The van der Waals surface area contributed by atoms with Crippen LogP contribution in [0.2, 0.25) is 0 Å². The fourth-order valence-corrected chi connectivity index (χ4v) is 3.10. The molecule has 0 spiro atoms. The van der Waals surface area contributed by atoms with Crippen LogP contribution in [0.5, 0.6) is 5.75 Å². The number of ether oxygens (including phenoxy) is 1. The van der Waals surface area contributed by atoms with Gasteiger partial charge in [-0.25, -0.2) is 8.42 Å². The van der Waals surface area contributed by atoms with E-state index in [4.69, 9.17) is 4.74 Å². The van der Waals surface area contributed by atoms with Crippen molar-refractivity contribution >= 4 is 9.84 Å². The van der Waals surface area contributed by atoms with Gasteiger partial charge in [0.25, 0.3) is 0 Å². The first-order valence-corrected chi connectivity index (χ1v) is 9.04. The van der Waals surface area contributed by atoms with Crippen molar-refractivity contribution in [2.45, 2.75) is 43.1 Å². The third-order valence-electron chi connectivity index (χ3n) is 3.86. The maximum atomic E-state index is 11.4. The largest absolute Gasteiger partial charge is 0.487 e. The molecule has 0 radical (unpaired) electrons. The predicted octanol–water partition coefficient (Wildman–Crippen LogP) is 2.39. The fourth-order valence-electron chi connectivity index (χ4n) is 2.47. The van der Waals surface area contributed by atoms with Crippen LogP contribution in [0, 0.1) is 0 Å². The van der Waals surface area contributed by atoms with E-state index in [1.54, 1.807) is 24.3 Å². The van der Waals surface area contributed by atoms with Gasteiger partial charge in [0.1, 0.15) is 11.4 Å². The highest BCUT2D eigenvalue weighted by molar-refractivity contribution is 7.90. The topological polar surface area (TPSA) is 55.4 Å². The van der Waals surface area contributed by atoms with Crippen LogP contribution >= 0.6 is 0 Å². The molecule has 0 aromatic heterocycles. The van der Waals surface area contributed by atoms with Gasteiger partial charge in [0.2, 0.25) is 0 Å². The summed E-state index contributed by atoms with van der Waals surface area (Å²) in [5.41, 5.74) is -0.0607. The first kappa shape index (κ1) is 15.3. The van der Waals surface area contributed by atoms with Gasteiger partial charge >= 0.3 is 0 Å². The van der Waals surface area contributed by atoms with E-state index in [0.717, 1.165) is 38.1 Å². The molecule has 2 rings (SSSR count). The van der Waals surface area contributed by atoms with E-state index >= 15 is 0 Å². The van der Waals surface area contributed by atoms with Crippen LogP contribution in [-0.2, 0) is 9.84 Å².